The number of ether oxygens (including phenoxy) is 2. The van der Waals surface area contributed by atoms with Gasteiger partial charge in [0, 0.05) is 25.4 Å². The topological polar surface area (TPSA) is 110 Å². The second-order valence-electron chi connectivity index (χ2n) is 6.29. The zero-order valence-corrected chi connectivity index (χ0v) is 16.5. The molecule has 0 bridgehead atoms. The smallest absolute Gasteiger partial charge is 0.290 e. The highest BCUT2D eigenvalue weighted by atomic mass is 16.5. The van der Waals surface area contributed by atoms with Crippen LogP contribution in [-0.4, -0.2) is 59.3 Å². The first-order chi connectivity index (χ1) is 13.4. The Bertz CT molecular complexity index is 998. The number of aryl methyl sites for hydroxylation is 1. The molecule has 3 aromatic rings. The molecule has 9 heteroatoms. The molecule has 0 spiro atoms. The van der Waals surface area contributed by atoms with Gasteiger partial charge >= 0.3 is 0 Å². The van der Waals surface area contributed by atoms with Crippen LogP contribution in [0.1, 0.15) is 5.56 Å². The predicted octanol–water partition coefficient (Wildman–Crippen LogP) is 1.71. The Labute approximate surface area is 162 Å². The lowest BCUT2D eigenvalue weighted by molar-refractivity contribution is -0.122. The first-order valence-electron chi connectivity index (χ1n) is 8.38. The Morgan fingerprint density at radius 1 is 1.25 bits per heavy atom. The first kappa shape index (κ1) is 21.0. The van der Waals surface area contributed by atoms with E-state index < -0.39 is 0 Å². The summed E-state index contributed by atoms with van der Waals surface area (Å²) >= 11 is 0. The van der Waals surface area contributed by atoms with Crippen molar-refractivity contribution in [2.75, 3.05) is 28.3 Å². The highest BCUT2D eigenvalue weighted by Crippen LogP contribution is 2.37. The van der Waals surface area contributed by atoms with Crippen molar-refractivity contribution in [3.8, 4) is 22.6 Å². The minimum atomic E-state index is -0.250. The summed E-state index contributed by atoms with van der Waals surface area (Å²) in [5, 5.41) is 6.89. The van der Waals surface area contributed by atoms with Crippen molar-refractivity contribution in [3.63, 3.8) is 0 Å². The average Bonchev–Trinajstić information content (AvgIpc) is 3.15. The number of aromatic nitrogens is 3. The van der Waals surface area contributed by atoms with Crippen molar-refractivity contribution in [1.29, 1.82) is 0 Å². The number of carboxylic acid groups (broad SMARTS) is 1. The summed E-state index contributed by atoms with van der Waals surface area (Å²) < 4.78 is 12.7. The summed E-state index contributed by atoms with van der Waals surface area (Å²) in [6.07, 6.45) is 3.32. The SMILES string of the molecule is COc1cc(-c2cn(C)c(=O)c3[nH]cnc23)cc(OC)c1CN(C)C.O=CO. The Kier molecular flexibility index (Phi) is 6.78. The van der Waals surface area contributed by atoms with Crippen LogP contribution in [0.2, 0.25) is 0 Å². The van der Waals surface area contributed by atoms with Crippen LogP contribution in [0.25, 0.3) is 22.2 Å². The van der Waals surface area contributed by atoms with Crippen LogP contribution >= 0.6 is 0 Å². The van der Waals surface area contributed by atoms with E-state index in [-0.39, 0.29) is 12.0 Å². The molecule has 0 amide bonds. The highest BCUT2D eigenvalue weighted by Gasteiger charge is 2.17. The molecule has 0 radical (unpaired) electrons. The van der Waals surface area contributed by atoms with Gasteiger partial charge in [0.1, 0.15) is 22.5 Å². The number of hydrogen-bond donors (Lipinski definition) is 2. The van der Waals surface area contributed by atoms with Gasteiger partial charge in [0.25, 0.3) is 12.0 Å². The largest absolute Gasteiger partial charge is 0.496 e. The highest BCUT2D eigenvalue weighted by molar-refractivity contribution is 5.91. The molecule has 0 atom stereocenters. The van der Waals surface area contributed by atoms with E-state index in [4.69, 9.17) is 19.4 Å². The van der Waals surface area contributed by atoms with Crippen molar-refractivity contribution in [3.05, 3.63) is 40.6 Å². The molecule has 0 aliphatic carbocycles. The lowest BCUT2D eigenvalue weighted by atomic mass is 10.0. The molecule has 2 N–H and O–H groups in total. The molecule has 1 aromatic carbocycles. The standard InChI is InChI=1S/C18H22N4O3.CH2O2/c1-21(2)8-13-14(24-4)6-11(7-15(13)25-5)12-9-22(3)18(23)17-16(12)19-10-20-17;2-1-3/h6-7,9-10H,8H2,1-5H3,(H,19,20);1H,(H,2,3). The van der Waals surface area contributed by atoms with E-state index in [2.05, 4.69) is 14.9 Å². The number of rotatable bonds is 5. The minimum absolute atomic E-state index is 0.112. The number of hydrogen-bond acceptors (Lipinski definition) is 6. The Morgan fingerprint density at radius 3 is 2.32 bits per heavy atom. The van der Waals surface area contributed by atoms with Gasteiger partial charge in [0.2, 0.25) is 0 Å². The van der Waals surface area contributed by atoms with E-state index >= 15 is 0 Å². The molecule has 3 rings (SSSR count). The minimum Gasteiger partial charge on any atom is -0.496 e. The molecular weight excluding hydrogens is 364 g/mol. The number of benzene rings is 1. The van der Waals surface area contributed by atoms with Crippen LogP contribution in [0.5, 0.6) is 11.5 Å². The summed E-state index contributed by atoms with van der Waals surface area (Å²) in [4.78, 5) is 29.9. The van der Waals surface area contributed by atoms with E-state index in [1.807, 2.05) is 26.2 Å². The van der Waals surface area contributed by atoms with Crippen LogP contribution in [0.4, 0.5) is 0 Å². The van der Waals surface area contributed by atoms with Gasteiger partial charge in [-0.05, 0) is 31.8 Å². The van der Waals surface area contributed by atoms with E-state index in [0.29, 0.717) is 17.6 Å². The van der Waals surface area contributed by atoms with E-state index in [1.54, 1.807) is 32.0 Å². The van der Waals surface area contributed by atoms with Gasteiger partial charge in [-0.15, -0.1) is 0 Å². The quantitative estimate of drug-likeness (QED) is 0.640. The number of pyridine rings is 1. The maximum atomic E-state index is 12.2. The number of H-pyrrole nitrogens is 1. The molecule has 150 valence electrons. The number of carbonyl (C=O) groups is 1. The van der Waals surface area contributed by atoms with Crippen LogP contribution < -0.4 is 15.0 Å². The second-order valence-corrected chi connectivity index (χ2v) is 6.29. The molecule has 0 aliphatic heterocycles. The van der Waals surface area contributed by atoms with Gasteiger partial charge in [-0.3, -0.25) is 9.59 Å². The molecule has 0 saturated heterocycles. The fourth-order valence-electron chi connectivity index (χ4n) is 2.97. The Balaban J connectivity index is 0.000000878. The van der Waals surface area contributed by atoms with Crippen LogP contribution in [0.15, 0.2) is 29.5 Å². The third kappa shape index (κ3) is 4.15. The molecule has 0 fully saturated rings. The molecule has 28 heavy (non-hydrogen) atoms. The number of fused-ring (bicyclic) bond motifs is 1. The lowest BCUT2D eigenvalue weighted by Gasteiger charge is -2.18. The normalized spacial score (nSPS) is 10.5. The molecule has 2 aromatic heterocycles. The average molecular weight is 388 g/mol. The fourth-order valence-corrected chi connectivity index (χ4v) is 2.97. The van der Waals surface area contributed by atoms with Gasteiger partial charge in [-0.25, -0.2) is 4.98 Å². The van der Waals surface area contributed by atoms with Crippen LogP contribution in [0, 0.1) is 0 Å². The predicted molar refractivity (Wildman–Crippen MR) is 106 cm³/mol. The second kappa shape index (κ2) is 9.05. The zero-order chi connectivity index (χ0) is 20.8. The van der Waals surface area contributed by atoms with Gasteiger partial charge in [0.15, 0.2) is 0 Å². The molecular formula is C19H24N4O5. The lowest BCUT2D eigenvalue weighted by Crippen LogP contribution is -2.16. The number of aromatic amines is 1. The van der Waals surface area contributed by atoms with E-state index in [0.717, 1.165) is 28.2 Å². The number of nitrogens with one attached hydrogen (secondary N) is 1. The first-order valence-corrected chi connectivity index (χ1v) is 8.38. The Morgan fingerprint density at radius 2 is 1.82 bits per heavy atom. The van der Waals surface area contributed by atoms with Gasteiger partial charge < -0.3 is 29.0 Å². The molecule has 0 aliphatic rings. The van der Waals surface area contributed by atoms with Crippen molar-refractivity contribution in [2.45, 2.75) is 6.54 Å². The van der Waals surface area contributed by atoms with Gasteiger partial charge in [-0.2, -0.15) is 0 Å². The summed E-state index contributed by atoms with van der Waals surface area (Å²) in [5.41, 5.74) is 3.69. The van der Waals surface area contributed by atoms with Crippen molar-refractivity contribution >= 4 is 17.5 Å². The van der Waals surface area contributed by atoms with Gasteiger partial charge in [-0.1, -0.05) is 0 Å². The molecule has 2 heterocycles. The third-order valence-corrected chi connectivity index (χ3v) is 4.14. The van der Waals surface area contributed by atoms with E-state index in [9.17, 15) is 4.79 Å². The fraction of sp³-hybridized carbons (Fsp3) is 0.316. The van der Waals surface area contributed by atoms with Crippen LogP contribution in [-0.2, 0) is 18.4 Å². The summed E-state index contributed by atoms with van der Waals surface area (Å²) in [6.45, 7) is 0.442. The molecule has 0 saturated carbocycles. The third-order valence-electron chi connectivity index (χ3n) is 4.14. The Hall–Kier alpha value is -3.33. The summed E-state index contributed by atoms with van der Waals surface area (Å²) in [5.74, 6) is 1.47. The number of nitrogens with zero attached hydrogens (tertiary/aromatic N) is 3. The number of methoxy groups -OCH3 is 2. The van der Waals surface area contributed by atoms with E-state index in [1.165, 1.54) is 6.33 Å². The monoisotopic (exact) mass is 388 g/mol. The molecule has 9 nitrogen and oxygen atoms in total. The van der Waals surface area contributed by atoms with Crippen LogP contribution in [0.3, 0.4) is 0 Å². The summed E-state index contributed by atoms with van der Waals surface area (Å²) in [7, 11) is 8.99. The number of imidazole rings is 1. The zero-order valence-electron chi connectivity index (χ0n) is 16.5. The maximum Gasteiger partial charge on any atom is 0.290 e. The van der Waals surface area contributed by atoms with Gasteiger partial charge in [0.05, 0.1) is 26.1 Å². The summed E-state index contributed by atoms with van der Waals surface area (Å²) in [6, 6.07) is 3.91. The molecule has 0 unspecified atom stereocenters. The van der Waals surface area contributed by atoms with Crippen molar-refractivity contribution in [1.82, 2.24) is 19.4 Å². The van der Waals surface area contributed by atoms with Crippen molar-refractivity contribution in [2.24, 2.45) is 7.05 Å². The maximum absolute atomic E-state index is 12.2. The van der Waals surface area contributed by atoms with Crippen molar-refractivity contribution < 1.29 is 19.4 Å².